The molecule has 146 valence electrons. The van der Waals surface area contributed by atoms with Crippen molar-refractivity contribution < 1.29 is 28.9 Å². The lowest BCUT2D eigenvalue weighted by molar-refractivity contribution is -1.92. The maximum Gasteiger partial charge on any atom is 0.212 e. The van der Waals surface area contributed by atoms with Gasteiger partial charge in [0.2, 0.25) is 22.1 Å². The van der Waals surface area contributed by atoms with E-state index in [0.29, 0.717) is 0 Å². The summed E-state index contributed by atoms with van der Waals surface area (Å²) in [6, 6.07) is 31.9. The van der Waals surface area contributed by atoms with Gasteiger partial charge in [0.25, 0.3) is 0 Å². The maximum absolute atomic E-state index is 8.60. The number of hydrogen-bond donors (Lipinski definition) is 1. The van der Waals surface area contributed by atoms with Crippen LogP contribution in [0.3, 0.4) is 0 Å². The molecule has 0 spiro atoms. The number of hydrogen-bond acceptors (Lipinski definition) is 4. The first-order chi connectivity index (χ1) is 13.9. The third kappa shape index (κ3) is 6.17. The van der Waals surface area contributed by atoms with Crippen molar-refractivity contribution in [2.75, 3.05) is 0 Å². The molecule has 0 atom stereocenters. The van der Waals surface area contributed by atoms with Crippen LogP contribution in [0.25, 0.3) is 33.4 Å². The van der Waals surface area contributed by atoms with Crippen LogP contribution in [0.4, 0.5) is 0 Å². The van der Waals surface area contributed by atoms with E-state index in [1.165, 1.54) is 33.4 Å². The van der Waals surface area contributed by atoms with E-state index in [2.05, 4.69) is 102 Å². The van der Waals surface area contributed by atoms with Gasteiger partial charge in [-0.2, -0.15) is 14.0 Å². The molecule has 0 aliphatic carbocycles. The Labute approximate surface area is 175 Å². The Bertz CT molecular complexity index is 973. The lowest BCUT2D eigenvalue weighted by Crippen LogP contribution is -2.58. The molecular weight excluding hydrogens is 408 g/mol. The summed E-state index contributed by atoms with van der Waals surface area (Å²) in [4.78, 5) is 0. The van der Waals surface area contributed by atoms with Crippen molar-refractivity contribution >= 4 is 11.3 Å². The van der Waals surface area contributed by atoms with Crippen molar-refractivity contribution in [2.24, 2.45) is 0 Å². The monoisotopic (exact) mass is 425 g/mol. The van der Waals surface area contributed by atoms with Crippen LogP contribution in [-0.2, 0) is 0 Å². The molecule has 0 unspecified atom stereocenters. The van der Waals surface area contributed by atoms with Gasteiger partial charge in [0.1, 0.15) is 0 Å². The summed E-state index contributed by atoms with van der Waals surface area (Å²) < 4.78 is 32.7. The molecule has 1 aromatic heterocycles. The molecular formula is C23H18ClO4S+. The van der Waals surface area contributed by atoms with Crippen molar-refractivity contribution in [1.29, 1.82) is 0 Å². The highest BCUT2D eigenvalue weighted by atomic mass is 35.7. The Morgan fingerprint density at radius 3 is 1.21 bits per heavy atom. The van der Waals surface area contributed by atoms with Crippen LogP contribution in [0.1, 0.15) is 0 Å². The lowest BCUT2D eigenvalue weighted by atomic mass is 9.91. The molecule has 1 N–H and O–H groups in total. The van der Waals surface area contributed by atoms with Gasteiger partial charge in [0.15, 0.2) is 0 Å². The Balaban J connectivity index is 0.000000431. The van der Waals surface area contributed by atoms with Gasteiger partial charge in [-0.25, -0.2) is 0 Å². The molecule has 0 amide bonds. The second-order valence-corrected chi connectivity index (χ2v) is 7.60. The van der Waals surface area contributed by atoms with Gasteiger partial charge >= 0.3 is 0 Å². The third-order valence-corrected chi connectivity index (χ3v) is 4.89. The Hall–Kier alpha value is -2.64. The van der Waals surface area contributed by atoms with Gasteiger partial charge in [-0.3, -0.25) is 0 Å². The molecule has 4 nitrogen and oxygen atoms in total. The van der Waals surface area contributed by atoms with Crippen molar-refractivity contribution in [3.05, 3.63) is 102 Å². The van der Waals surface area contributed by atoms with E-state index >= 15 is 0 Å². The van der Waals surface area contributed by atoms with E-state index in [1.807, 2.05) is 0 Å². The third-order valence-electron chi connectivity index (χ3n) is 4.14. The quantitative estimate of drug-likeness (QED) is 0.511. The molecule has 4 rings (SSSR count). The number of rotatable bonds is 3. The summed E-state index contributed by atoms with van der Waals surface area (Å²) in [5, 5.41) is 4.51. The van der Waals surface area contributed by atoms with E-state index in [1.54, 1.807) is 11.3 Å². The first kappa shape index (κ1) is 21.1. The molecule has 4 aromatic rings. The van der Waals surface area contributed by atoms with Crippen LogP contribution in [0, 0.1) is 10.2 Å². The SMILES string of the molecule is [O-][Cl+3]([O-])([O-])O.c1ccc(-c2c[s+]cc(-c3ccccc3)c2-c2ccccc2)cc1. The van der Waals surface area contributed by atoms with Gasteiger partial charge in [-0.1, -0.05) is 91.0 Å². The van der Waals surface area contributed by atoms with E-state index in [0.717, 1.165) is 0 Å². The summed E-state index contributed by atoms with van der Waals surface area (Å²) in [6.07, 6.45) is 0. The molecule has 0 radical (unpaired) electrons. The zero-order chi connectivity index (χ0) is 20.7. The number of halogens is 1. The Morgan fingerprint density at radius 2 is 0.862 bits per heavy atom. The minimum absolute atomic E-state index is 1.25. The first-order valence-corrected chi connectivity index (χ1v) is 10.9. The second-order valence-electron chi connectivity index (χ2n) is 6.07. The molecule has 0 saturated heterocycles. The first-order valence-electron chi connectivity index (χ1n) is 8.66. The smallest absolute Gasteiger partial charge is 0.183 e. The van der Waals surface area contributed by atoms with Crippen molar-refractivity contribution in [1.82, 2.24) is 0 Å². The van der Waals surface area contributed by atoms with Gasteiger partial charge < -0.3 is 0 Å². The second kappa shape index (κ2) is 9.71. The highest BCUT2D eigenvalue weighted by Gasteiger charge is 2.18. The maximum atomic E-state index is 8.60. The van der Waals surface area contributed by atoms with Crippen LogP contribution in [0.15, 0.2) is 102 Å². The van der Waals surface area contributed by atoms with Gasteiger partial charge in [0.05, 0.1) is 14.9 Å². The largest absolute Gasteiger partial charge is 0.212 e. The Morgan fingerprint density at radius 1 is 0.552 bits per heavy atom. The molecule has 6 heteroatoms. The highest BCUT2D eigenvalue weighted by molar-refractivity contribution is 7.08. The molecule has 1 heterocycles. The van der Waals surface area contributed by atoms with Crippen LogP contribution in [0.5, 0.6) is 0 Å². The fraction of sp³-hybridized carbons (Fsp3) is 0. The molecule has 0 saturated carbocycles. The molecule has 29 heavy (non-hydrogen) atoms. The van der Waals surface area contributed by atoms with Crippen molar-refractivity contribution in [2.45, 2.75) is 0 Å². The fourth-order valence-corrected chi connectivity index (χ4v) is 3.86. The molecule has 0 aliphatic heterocycles. The molecule has 0 fully saturated rings. The molecule has 3 aromatic carbocycles. The minimum Gasteiger partial charge on any atom is -0.183 e. The highest BCUT2D eigenvalue weighted by Crippen LogP contribution is 2.40. The topological polar surface area (TPSA) is 89.4 Å². The summed E-state index contributed by atoms with van der Waals surface area (Å²) in [7, 11) is -4.69. The van der Waals surface area contributed by atoms with Gasteiger partial charge in [0, 0.05) is 16.7 Å². The van der Waals surface area contributed by atoms with Crippen molar-refractivity contribution in [3.8, 4) is 33.4 Å². The van der Waals surface area contributed by atoms with E-state index in [-0.39, 0.29) is 0 Å². The predicted octanol–water partition coefficient (Wildman–Crippen LogP) is 2.91. The van der Waals surface area contributed by atoms with Crippen LogP contribution in [0.2, 0.25) is 0 Å². The summed E-state index contributed by atoms with van der Waals surface area (Å²) in [6.45, 7) is 0. The summed E-state index contributed by atoms with van der Waals surface area (Å²) >= 11 is 1.75. The summed E-state index contributed by atoms with van der Waals surface area (Å²) in [5.74, 6) is 0. The minimum atomic E-state index is -4.69. The summed E-state index contributed by atoms with van der Waals surface area (Å²) in [5.41, 5.74) is 7.63. The van der Waals surface area contributed by atoms with Crippen LogP contribution < -0.4 is 14.0 Å². The Kier molecular flexibility index (Phi) is 7.06. The predicted molar refractivity (Wildman–Crippen MR) is 107 cm³/mol. The van der Waals surface area contributed by atoms with Gasteiger partial charge in [-0.05, 0) is 16.7 Å². The molecule has 0 aliphatic rings. The lowest BCUT2D eigenvalue weighted by Gasteiger charge is -2.12. The van der Waals surface area contributed by atoms with E-state index in [4.69, 9.17) is 18.6 Å². The number of benzene rings is 3. The fourth-order valence-electron chi connectivity index (χ4n) is 3.01. The van der Waals surface area contributed by atoms with Crippen LogP contribution >= 0.6 is 11.3 Å². The average molecular weight is 426 g/mol. The van der Waals surface area contributed by atoms with Crippen LogP contribution in [-0.4, -0.2) is 4.66 Å². The van der Waals surface area contributed by atoms with E-state index < -0.39 is 10.2 Å². The normalized spacial score (nSPS) is 10.8. The zero-order valence-corrected chi connectivity index (χ0v) is 16.8. The average Bonchev–Trinajstić information content (AvgIpc) is 2.74. The van der Waals surface area contributed by atoms with Gasteiger partial charge in [-0.15, -0.1) is 0 Å². The van der Waals surface area contributed by atoms with Crippen molar-refractivity contribution in [3.63, 3.8) is 0 Å². The standard InChI is InChI=1S/C23H17S.ClHO4/c1-4-10-18(11-5-1)21-16-24-17-22(19-12-6-2-7-13-19)23(21)20-14-8-3-9-15-20;2-1(3,4)5/h1-17H;(H,2,3,4,5)/q+1;. The molecule has 0 bridgehead atoms. The van der Waals surface area contributed by atoms with E-state index in [9.17, 15) is 0 Å². The zero-order valence-electron chi connectivity index (χ0n) is 15.3.